The number of amides is 1. The van der Waals surface area contributed by atoms with Crippen molar-refractivity contribution < 1.29 is 13.8 Å². The van der Waals surface area contributed by atoms with Crippen LogP contribution in [-0.2, 0) is 17.8 Å². The fourth-order valence-corrected chi connectivity index (χ4v) is 2.17. The Morgan fingerprint density at radius 2 is 2.05 bits per heavy atom. The lowest BCUT2D eigenvalue weighted by Gasteiger charge is -2.14. The molecule has 6 nitrogen and oxygen atoms in total. The van der Waals surface area contributed by atoms with E-state index in [2.05, 4.69) is 10.3 Å². The molecule has 0 saturated heterocycles. The Morgan fingerprint density at radius 3 is 2.81 bits per heavy atom. The molecule has 0 aliphatic rings. The minimum Gasteiger partial charge on any atom is -0.361 e. The van der Waals surface area contributed by atoms with Gasteiger partial charge in [0.1, 0.15) is 17.1 Å². The number of likely N-dealkylation sites (N-methyl/N-ethyl adjacent to an activating group) is 1. The molecule has 1 amide bonds. The summed E-state index contributed by atoms with van der Waals surface area (Å²) in [5, 5.41) is 8.73. The van der Waals surface area contributed by atoms with Gasteiger partial charge in [-0.3, -0.25) is 4.79 Å². The minimum absolute atomic E-state index is 0.0466. The highest BCUT2D eigenvalue weighted by atomic mass is 16.5. The van der Waals surface area contributed by atoms with Gasteiger partial charge in [-0.05, 0) is 19.1 Å². The van der Waals surface area contributed by atoms with Crippen LogP contribution in [0, 0.1) is 6.92 Å². The number of aryl methyl sites for hydroxylation is 1. The lowest BCUT2D eigenvalue weighted by molar-refractivity contribution is -0.129. The van der Waals surface area contributed by atoms with Crippen molar-refractivity contribution >= 4 is 16.9 Å². The maximum atomic E-state index is 12.3. The molecular weight excluding hydrogens is 270 g/mol. The van der Waals surface area contributed by atoms with Crippen molar-refractivity contribution in [3.05, 3.63) is 47.5 Å². The molecule has 108 valence electrons. The first-order chi connectivity index (χ1) is 10.1. The van der Waals surface area contributed by atoms with Crippen molar-refractivity contribution in [2.24, 2.45) is 0 Å². The largest absolute Gasteiger partial charge is 0.361 e. The highest BCUT2D eigenvalue weighted by Crippen LogP contribution is 2.18. The molecule has 0 unspecified atom stereocenters. The Labute approximate surface area is 121 Å². The number of para-hydroxylation sites is 1. The van der Waals surface area contributed by atoms with Crippen LogP contribution in [0.1, 0.15) is 17.1 Å². The zero-order chi connectivity index (χ0) is 14.8. The van der Waals surface area contributed by atoms with E-state index in [9.17, 15) is 4.79 Å². The first-order valence-electron chi connectivity index (χ1n) is 6.63. The number of rotatable bonds is 4. The van der Waals surface area contributed by atoms with E-state index in [0.29, 0.717) is 17.8 Å². The summed E-state index contributed by atoms with van der Waals surface area (Å²) in [6, 6.07) is 9.32. The molecule has 0 aliphatic heterocycles. The topological polar surface area (TPSA) is 72.4 Å². The number of carbonyl (C=O) groups excluding carboxylic acids is 1. The maximum absolute atomic E-state index is 12.3. The molecule has 3 aromatic rings. The van der Waals surface area contributed by atoms with Crippen LogP contribution in [0.3, 0.4) is 0 Å². The standard InChI is InChI=1S/C15H15N3O3/c1-10-7-11(16-20-10)9-18(2)15(19)8-13-12-5-3-4-6-14(12)21-17-13/h3-7H,8-9H2,1-2H3. The van der Waals surface area contributed by atoms with Gasteiger partial charge in [0.25, 0.3) is 0 Å². The molecule has 0 radical (unpaired) electrons. The first-order valence-corrected chi connectivity index (χ1v) is 6.63. The summed E-state index contributed by atoms with van der Waals surface area (Å²) in [4.78, 5) is 13.8. The first kappa shape index (κ1) is 13.4. The molecule has 0 N–H and O–H groups in total. The van der Waals surface area contributed by atoms with Gasteiger partial charge in [0.05, 0.1) is 13.0 Å². The molecule has 0 aliphatic carbocycles. The summed E-state index contributed by atoms with van der Waals surface area (Å²) in [6.45, 7) is 2.23. The molecule has 0 bridgehead atoms. The summed E-state index contributed by atoms with van der Waals surface area (Å²) >= 11 is 0. The lowest BCUT2D eigenvalue weighted by atomic mass is 10.1. The third kappa shape index (κ3) is 2.79. The van der Waals surface area contributed by atoms with Crippen LogP contribution in [0.25, 0.3) is 11.0 Å². The van der Waals surface area contributed by atoms with Crippen molar-refractivity contribution in [2.75, 3.05) is 7.05 Å². The van der Waals surface area contributed by atoms with Crippen molar-refractivity contribution in [3.8, 4) is 0 Å². The third-order valence-electron chi connectivity index (χ3n) is 3.27. The number of benzene rings is 1. The van der Waals surface area contributed by atoms with E-state index in [1.54, 1.807) is 11.9 Å². The Morgan fingerprint density at radius 1 is 1.24 bits per heavy atom. The lowest BCUT2D eigenvalue weighted by Crippen LogP contribution is -2.28. The van der Waals surface area contributed by atoms with Crippen LogP contribution in [0.15, 0.2) is 39.4 Å². The maximum Gasteiger partial charge on any atom is 0.228 e. The Kier molecular flexibility index (Phi) is 3.43. The van der Waals surface area contributed by atoms with E-state index >= 15 is 0 Å². The van der Waals surface area contributed by atoms with E-state index in [4.69, 9.17) is 9.05 Å². The predicted octanol–water partition coefficient (Wildman–Crippen LogP) is 2.33. The zero-order valence-electron chi connectivity index (χ0n) is 11.9. The summed E-state index contributed by atoms with van der Waals surface area (Å²) in [5.74, 6) is 0.683. The van der Waals surface area contributed by atoms with Gasteiger partial charge in [0, 0.05) is 18.5 Å². The Bertz CT molecular complexity index is 775. The molecule has 0 fully saturated rings. The number of fused-ring (bicyclic) bond motifs is 1. The second-order valence-electron chi connectivity index (χ2n) is 4.98. The van der Waals surface area contributed by atoms with Crippen molar-refractivity contribution in [1.29, 1.82) is 0 Å². The fourth-order valence-electron chi connectivity index (χ4n) is 2.17. The van der Waals surface area contributed by atoms with Crippen LogP contribution in [0.5, 0.6) is 0 Å². The summed E-state index contributed by atoms with van der Waals surface area (Å²) in [7, 11) is 1.73. The van der Waals surface area contributed by atoms with Gasteiger partial charge in [0.2, 0.25) is 5.91 Å². The van der Waals surface area contributed by atoms with Crippen LogP contribution in [0.4, 0.5) is 0 Å². The average Bonchev–Trinajstić information content (AvgIpc) is 3.06. The summed E-state index contributed by atoms with van der Waals surface area (Å²) in [6.07, 6.45) is 0.199. The van der Waals surface area contributed by atoms with Gasteiger partial charge in [0.15, 0.2) is 5.58 Å². The van der Waals surface area contributed by atoms with Gasteiger partial charge in [-0.25, -0.2) is 0 Å². The van der Waals surface area contributed by atoms with E-state index < -0.39 is 0 Å². The Hall–Kier alpha value is -2.63. The normalized spacial score (nSPS) is 11.0. The van der Waals surface area contributed by atoms with Gasteiger partial charge in [-0.2, -0.15) is 0 Å². The molecule has 3 rings (SSSR count). The number of nitrogens with zero attached hydrogens (tertiary/aromatic N) is 3. The monoisotopic (exact) mass is 285 g/mol. The third-order valence-corrected chi connectivity index (χ3v) is 3.27. The quantitative estimate of drug-likeness (QED) is 0.735. The van der Waals surface area contributed by atoms with E-state index in [0.717, 1.165) is 16.8 Å². The molecule has 2 heterocycles. The zero-order valence-corrected chi connectivity index (χ0v) is 11.9. The van der Waals surface area contributed by atoms with E-state index in [-0.39, 0.29) is 12.3 Å². The molecule has 6 heteroatoms. The van der Waals surface area contributed by atoms with Crippen molar-refractivity contribution in [2.45, 2.75) is 19.9 Å². The summed E-state index contributed by atoms with van der Waals surface area (Å²) < 4.78 is 10.2. The van der Waals surface area contributed by atoms with Crippen molar-refractivity contribution in [3.63, 3.8) is 0 Å². The fraction of sp³-hybridized carbons (Fsp3) is 0.267. The molecule has 21 heavy (non-hydrogen) atoms. The molecule has 2 aromatic heterocycles. The molecule has 0 spiro atoms. The van der Waals surface area contributed by atoms with Crippen LogP contribution < -0.4 is 0 Å². The van der Waals surface area contributed by atoms with Crippen molar-refractivity contribution in [1.82, 2.24) is 15.2 Å². The number of carbonyl (C=O) groups is 1. The van der Waals surface area contributed by atoms with E-state index in [1.807, 2.05) is 37.3 Å². The smallest absolute Gasteiger partial charge is 0.228 e. The molecule has 0 atom stereocenters. The average molecular weight is 285 g/mol. The number of hydrogen-bond donors (Lipinski definition) is 0. The minimum atomic E-state index is -0.0466. The predicted molar refractivity (Wildman–Crippen MR) is 75.4 cm³/mol. The van der Waals surface area contributed by atoms with E-state index in [1.165, 1.54) is 0 Å². The van der Waals surface area contributed by atoms with Gasteiger partial charge in [-0.1, -0.05) is 22.4 Å². The molecule has 1 aromatic carbocycles. The summed E-state index contributed by atoms with van der Waals surface area (Å²) in [5.41, 5.74) is 2.07. The van der Waals surface area contributed by atoms with Crippen LogP contribution in [-0.4, -0.2) is 28.2 Å². The highest BCUT2D eigenvalue weighted by molar-refractivity contribution is 5.86. The second-order valence-corrected chi connectivity index (χ2v) is 4.98. The second kappa shape index (κ2) is 5.40. The van der Waals surface area contributed by atoms with Crippen LogP contribution in [0.2, 0.25) is 0 Å². The SMILES string of the molecule is Cc1cc(CN(C)C(=O)Cc2noc3ccccc23)no1. The number of hydrogen-bond acceptors (Lipinski definition) is 5. The number of aromatic nitrogens is 2. The van der Waals surface area contributed by atoms with Gasteiger partial charge < -0.3 is 13.9 Å². The highest BCUT2D eigenvalue weighted by Gasteiger charge is 2.16. The van der Waals surface area contributed by atoms with Gasteiger partial charge in [-0.15, -0.1) is 0 Å². The molecular formula is C15H15N3O3. The Balaban J connectivity index is 1.70. The van der Waals surface area contributed by atoms with Crippen LogP contribution >= 0.6 is 0 Å². The molecule has 0 saturated carbocycles. The van der Waals surface area contributed by atoms with Gasteiger partial charge >= 0.3 is 0 Å².